The topological polar surface area (TPSA) is 21.3 Å². The molecule has 3 heteroatoms. The Labute approximate surface area is 260 Å². The molecule has 2 heterocycles. The average Bonchev–Trinajstić information content (AvgIpc) is 3.64. The van der Waals surface area contributed by atoms with Gasteiger partial charge in [0.05, 0.1) is 16.7 Å². The molecule has 212 valence electrons. The molecule has 0 spiro atoms. The molecule has 9 aromatic rings. The fourth-order valence-corrected chi connectivity index (χ4v) is 6.79. The highest BCUT2D eigenvalue weighted by atomic mass is 16.3. The molecule has 0 N–H and O–H groups in total. The van der Waals surface area contributed by atoms with E-state index in [4.69, 9.17) is 4.42 Å². The van der Waals surface area contributed by atoms with Crippen LogP contribution in [-0.4, -0.2) is 4.57 Å². The lowest BCUT2D eigenvalue weighted by Crippen LogP contribution is -2.09. The third kappa shape index (κ3) is 4.13. The summed E-state index contributed by atoms with van der Waals surface area (Å²) in [5, 5.41) is 4.77. The predicted molar refractivity (Wildman–Crippen MR) is 188 cm³/mol. The quantitative estimate of drug-likeness (QED) is 0.203. The molecule has 0 radical (unpaired) electrons. The third-order valence-electron chi connectivity index (χ3n) is 8.78. The molecule has 0 aliphatic rings. The van der Waals surface area contributed by atoms with Crippen molar-refractivity contribution in [1.29, 1.82) is 0 Å². The first-order valence-electron chi connectivity index (χ1n) is 15.3. The van der Waals surface area contributed by atoms with Gasteiger partial charge in [0.25, 0.3) is 0 Å². The molecule has 0 saturated heterocycles. The molecule has 45 heavy (non-hydrogen) atoms. The van der Waals surface area contributed by atoms with Crippen LogP contribution >= 0.6 is 0 Å². The highest BCUT2D eigenvalue weighted by molar-refractivity contribution is 6.10. The molecule has 3 nitrogen and oxygen atoms in total. The van der Waals surface area contributed by atoms with Crippen molar-refractivity contribution in [3.8, 4) is 16.8 Å². The fourth-order valence-electron chi connectivity index (χ4n) is 6.79. The van der Waals surface area contributed by atoms with Crippen molar-refractivity contribution < 1.29 is 4.42 Å². The van der Waals surface area contributed by atoms with Crippen LogP contribution in [0.5, 0.6) is 0 Å². The van der Waals surface area contributed by atoms with Gasteiger partial charge in [0.2, 0.25) is 0 Å². The Morgan fingerprint density at radius 3 is 1.80 bits per heavy atom. The minimum atomic E-state index is 0.877. The normalized spacial score (nSPS) is 11.6. The van der Waals surface area contributed by atoms with Crippen LogP contribution in [0, 0.1) is 0 Å². The number of benzene rings is 7. The van der Waals surface area contributed by atoms with Crippen LogP contribution in [0.4, 0.5) is 17.1 Å². The summed E-state index contributed by atoms with van der Waals surface area (Å²) in [7, 11) is 0. The monoisotopic (exact) mass is 576 g/mol. The third-order valence-corrected chi connectivity index (χ3v) is 8.78. The first-order valence-corrected chi connectivity index (χ1v) is 15.3. The molecule has 2 aromatic heterocycles. The summed E-state index contributed by atoms with van der Waals surface area (Å²) >= 11 is 0. The second-order valence-corrected chi connectivity index (χ2v) is 11.4. The van der Waals surface area contributed by atoms with Gasteiger partial charge in [-0.15, -0.1) is 0 Å². The maximum absolute atomic E-state index is 6.31. The maximum atomic E-state index is 6.31. The maximum Gasteiger partial charge on any atom is 0.137 e. The summed E-state index contributed by atoms with van der Waals surface area (Å²) in [6.45, 7) is 0. The summed E-state index contributed by atoms with van der Waals surface area (Å²) in [4.78, 5) is 2.30. The van der Waals surface area contributed by atoms with Crippen LogP contribution in [0.15, 0.2) is 174 Å². The molecule has 0 amide bonds. The van der Waals surface area contributed by atoms with Gasteiger partial charge in [0.1, 0.15) is 11.2 Å². The van der Waals surface area contributed by atoms with Crippen LogP contribution in [0.3, 0.4) is 0 Å². The van der Waals surface area contributed by atoms with Crippen molar-refractivity contribution in [2.24, 2.45) is 0 Å². The van der Waals surface area contributed by atoms with E-state index < -0.39 is 0 Å². The molecule has 0 atom stereocenters. The van der Waals surface area contributed by atoms with E-state index >= 15 is 0 Å². The molecule has 0 bridgehead atoms. The smallest absolute Gasteiger partial charge is 0.137 e. The van der Waals surface area contributed by atoms with E-state index in [9.17, 15) is 0 Å². The van der Waals surface area contributed by atoms with Crippen LogP contribution in [0.2, 0.25) is 0 Å². The summed E-state index contributed by atoms with van der Waals surface area (Å²) in [6.07, 6.45) is 0. The summed E-state index contributed by atoms with van der Waals surface area (Å²) in [6, 6.07) is 60.2. The van der Waals surface area contributed by atoms with Crippen LogP contribution < -0.4 is 4.90 Å². The van der Waals surface area contributed by atoms with E-state index in [1.54, 1.807) is 0 Å². The Kier molecular flexibility index (Phi) is 5.82. The molecule has 0 fully saturated rings. The van der Waals surface area contributed by atoms with E-state index in [1.165, 1.54) is 27.4 Å². The first kappa shape index (κ1) is 25.4. The van der Waals surface area contributed by atoms with Crippen LogP contribution in [0.25, 0.3) is 60.6 Å². The lowest BCUT2D eigenvalue weighted by Gasteiger charge is -2.26. The highest BCUT2D eigenvalue weighted by Crippen LogP contribution is 2.41. The van der Waals surface area contributed by atoms with Gasteiger partial charge in [0, 0.05) is 50.2 Å². The van der Waals surface area contributed by atoms with Crippen molar-refractivity contribution in [1.82, 2.24) is 4.57 Å². The largest absolute Gasteiger partial charge is 0.456 e. The van der Waals surface area contributed by atoms with E-state index in [2.05, 4.69) is 167 Å². The number of nitrogens with zero attached hydrogens (tertiary/aromatic N) is 2. The molecule has 0 unspecified atom stereocenters. The lowest BCUT2D eigenvalue weighted by atomic mass is 10.0. The van der Waals surface area contributed by atoms with Crippen molar-refractivity contribution in [2.45, 2.75) is 0 Å². The molecular formula is C42H28N2O. The van der Waals surface area contributed by atoms with E-state index in [-0.39, 0.29) is 0 Å². The van der Waals surface area contributed by atoms with E-state index in [1.807, 2.05) is 12.1 Å². The van der Waals surface area contributed by atoms with Crippen LogP contribution in [0.1, 0.15) is 0 Å². The second-order valence-electron chi connectivity index (χ2n) is 11.4. The average molecular weight is 577 g/mol. The zero-order chi connectivity index (χ0) is 29.7. The van der Waals surface area contributed by atoms with E-state index in [0.29, 0.717) is 0 Å². The Morgan fingerprint density at radius 2 is 1.00 bits per heavy atom. The van der Waals surface area contributed by atoms with Crippen molar-refractivity contribution in [2.75, 3.05) is 4.90 Å². The number of para-hydroxylation sites is 5. The Bertz CT molecular complexity index is 2450. The highest BCUT2D eigenvalue weighted by Gasteiger charge is 2.18. The van der Waals surface area contributed by atoms with Crippen molar-refractivity contribution in [3.05, 3.63) is 170 Å². The molecule has 9 rings (SSSR count). The number of fused-ring (bicyclic) bond motifs is 6. The van der Waals surface area contributed by atoms with Gasteiger partial charge in [-0.05, 0) is 66.2 Å². The molecule has 0 saturated carbocycles. The number of anilines is 3. The number of furan rings is 1. The minimum absolute atomic E-state index is 0.877. The standard InChI is InChI=1S/C42H28N2O/c1-2-14-30(15-3-1)43(32-25-26-37-36-20-7-11-24-41(36)45-42(37)28-32)31-16-12-13-29(27-31)33-17-4-8-21-38(33)44-39-22-9-5-18-34(39)35-19-6-10-23-40(35)44/h1-28H. The number of hydrogen-bond donors (Lipinski definition) is 0. The van der Waals surface area contributed by atoms with Gasteiger partial charge < -0.3 is 13.9 Å². The van der Waals surface area contributed by atoms with Crippen molar-refractivity contribution >= 4 is 60.8 Å². The molecular weight excluding hydrogens is 548 g/mol. The van der Waals surface area contributed by atoms with Gasteiger partial charge in [-0.3, -0.25) is 0 Å². The SMILES string of the molecule is c1ccc(N(c2cccc(-c3ccccc3-n3c4ccccc4c4ccccc43)c2)c2ccc3c(c2)oc2ccccc23)cc1. The Balaban J connectivity index is 1.23. The zero-order valence-corrected chi connectivity index (χ0v) is 24.5. The fraction of sp³-hybridized carbons (Fsp3) is 0. The Morgan fingerprint density at radius 1 is 0.400 bits per heavy atom. The summed E-state index contributed by atoms with van der Waals surface area (Å²) in [5.74, 6) is 0. The number of hydrogen-bond acceptors (Lipinski definition) is 2. The van der Waals surface area contributed by atoms with Gasteiger partial charge in [0.15, 0.2) is 0 Å². The van der Waals surface area contributed by atoms with Gasteiger partial charge in [-0.25, -0.2) is 0 Å². The predicted octanol–water partition coefficient (Wildman–Crippen LogP) is 11.8. The Hall–Kier alpha value is -6.06. The molecule has 0 aliphatic carbocycles. The van der Waals surface area contributed by atoms with Gasteiger partial charge >= 0.3 is 0 Å². The second kappa shape index (κ2) is 10.3. The molecule has 7 aromatic carbocycles. The summed E-state index contributed by atoms with van der Waals surface area (Å²) < 4.78 is 8.71. The first-order chi connectivity index (χ1) is 22.3. The zero-order valence-electron chi connectivity index (χ0n) is 24.5. The number of rotatable bonds is 5. The van der Waals surface area contributed by atoms with Gasteiger partial charge in [-0.2, -0.15) is 0 Å². The summed E-state index contributed by atoms with van der Waals surface area (Å²) in [5.41, 5.74) is 10.9. The van der Waals surface area contributed by atoms with Crippen molar-refractivity contribution in [3.63, 3.8) is 0 Å². The molecule has 0 aliphatic heterocycles. The number of aromatic nitrogens is 1. The van der Waals surface area contributed by atoms with Gasteiger partial charge in [-0.1, -0.05) is 103 Å². The van der Waals surface area contributed by atoms with Crippen LogP contribution in [-0.2, 0) is 0 Å². The minimum Gasteiger partial charge on any atom is -0.456 e. The lowest BCUT2D eigenvalue weighted by molar-refractivity contribution is 0.669. The van der Waals surface area contributed by atoms with E-state index in [0.717, 1.165) is 50.3 Å².